The summed E-state index contributed by atoms with van der Waals surface area (Å²) in [6, 6.07) is 2.36. The Kier molecular flexibility index (Phi) is 4.22. The first-order chi connectivity index (χ1) is 9.67. The zero-order valence-electron chi connectivity index (χ0n) is 12.0. The number of nitrogens with zero attached hydrogens (tertiary/aromatic N) is 1. The van der Waals surface area contributed by atoms with Gasteiger partial charge in [0.25, 0.3) is 0 Å². The van der Waals surface area contributed by atoms with Crippen LogP contribution in [0.5, 0.6) is 0 Å². The van der Waals surface area contributed by atoms with E-state index in [4.69, 9.17) is 4.74 Å². The summed E-state index contributed by atoms with van der Waals surface area (Å²) in [5, 5.41) is 2.63. The first kappa shape index (κ1) is 15.8. The van der Waals surface area contributed by atoms with Crippen LogP contribution in [-0.2, 0) is 16.1 Å². The lowest BCUT2D eigenvalue weighted by atomic mass is 10.1. The molecule has 2 amide bonds. The van der Waals surface area contributed by atoms with Gasteiger partial charge in [-0.3, -0.25) is 4.79 Å². The fourth-order valence-corrected chi connectivity index (χ4v) is 2.45. The minimum atomic E-state index is -0.617. The van der Waals surface area contributed by atoms with Gasteiger partial charge in [-0.15, -0.1) is 0 Å². The fraction of sp³-hybridized carbons (Fsp3) is 0.429. The van der Waals surface area contributed by atoms with Crippen LogP contribution in [0.15, 0.2) is 16.6 Å². The third-order valence-electron chi connectivity index (χ3n) is 2.81. The molecule has 7 heteroatoms. The van der Waals surface area contributed by atoms with Gasteiger partial charge in [-0.2, -0.15) is 0 Å². The Balaban J connectivity index is 2.15. The van der Waals surface area contributed by atoms with Gasteiger partial charge in [-0.1, -0.05) is 0 Å². The summed E-state index contributed by atoms with van der Waals surface area (Å²) in [6.07, 6.45) is 0. The van der Waals surface area contributed by atoms with Gasteiger partial charge in [-0.25, -0.2) is 9.18 Å². The number of benzene rings is 1. The molecule has 5 nitrogen and oxygen atoms in total. The van der Waals surface area contributed by atoms with Crippen molar-refractivity contribution in [3.8, 4) is 0 Å². The van der Waals surface area contributed by atoms with Crippen molar-refractivity contribution in [2.75, 3.05) is 11.9 Å². The van der Waals surface area contributed by atoms with E-state index in [1.807, 2.05) is 0 Å². The maximum atomic E-state index is 13.5. The Labute approximate surface area is 130 Å². The van der Waals surface area contributed by atoms with E-state index in [9.17, 15) is 14.0 Å². The Bertz CT molecular complexity index is 599. The monoisotopic (exact) mass is 358 g/mol. The third-order valence-corrected chi connectivity index (χ3v) is 3.67. The minimum Gasteiger partial charge on any atom is -0.459 e. The number of hydrogen-bond acceptors (Lipinski definition) is 3. The Hall–Kier alpha value is -1.63. The molecule has 1 aliphatic heterocycles. The average Bonchev–Trinajstić information content (AvgIpc) is 2.34. The van der Waals surface area contributed by atoms with Crippen LogP contribution in [0.2, 0.25) is 0 Å². The van der Waals surface area contributed by atoms with E-state index < -0.39 is 23.4 Å². The van der Waals surface area contributed by atoms with Crippen LogP contribution in [0.1, 0.15) is 26.3 Å². The number of fused-ring (bicyclic) bond motifs is 1. The van der Waals surface area contributed by atoms with Crippen LogP contribution in [0.3, 0.4) is 0 Å². The van der Waals surface area contributed by atoms with Gasteiger partial charge in [0.05, 0.1) is 11.0 Å². The van der Waals surface area contributed by atoms with E-state index >= 15 is 0 Å². The smallest absolute Gasteiger partial charge is 0.326 e. The van der Waals surface area contributed by atoms with E-state index in [1.165, 1.54) is 17.0 Å². The lowest BCUT2D eigenvalue weighted by molar-refractivity contribution is -0.155. The molecule has 114 valence electrons. The van der Waals surface area contributed by atoms with Crippen LogP contribution in [0.4, 0.5) is 14.9 Å². The Morgan fingerprint density at radius 1 is 1.48 bits per heavy atom. The standard InChI is InChI=1S/C14H16BrFN2O3/c1-14(2,3)21-11(19)7-18-6-8-10(17-13(18)20)5-4-9(16)12(8)15/h4-5H,6-7H2,1-3H3,(H,17,20). The largest absolute Gasteiger partial charge is 0.459 e. The molecule has 2 rings (SSSR count). The number of nitrogens with one attached hydrogen (secondary N) is 1. The van der Waals surface area contributed by atoms with Crippen molar-refractivity contribution in [3.63, 3.8) is 0 Å². The molecule has 0 saturated heterocycles. The first-order valence-corrected chi connectivity index (χ1v) is 7.21. The summed E-state index contributed by atoms with van der Waals surface area (Å²) < 4.78 is 19.0. The van der Waals surface area contributed by atoms with Crippen LogP contribution in [0, 0.1) is 5.82 Å². The van der Waals surface area contributed by atoms with Gasteiger partial charge in [-0.05, 0) is 48.8 Å². The highest BCUT2D eigenvalue weighted by Gasteiger charge is 2.28. The number of esters is 1. The second-order valence-corrected chi connectivity index (χ2v) is 6.55. The number of carbonyl (C=O) groups is 2. The van der Waals surface area contributed by atoms with Crippen molar-refractivity contribution in [1.29, 1.82) is 0 Å². The van der Waals surface area contributed by atoms with E-state index in [0.717, 1.165) is 0 Å². The van der Waals surface area contributed by atoms with Gasteiger partial charge in [0.1, 0.15) is 18.0 Å². The highest BCUT2D eigenvalue weighted by Crippen LogP contribution is 2.32. The lowest BCUT2D eigenvalue weighted by Gasteiger charge is -2.30. The van der Waals surface area contributed by atoms with E-state index in [1.54, 1.807) is 20.8 Å². The molecule has 1 aromatic rings. The number of carbonyl (C=O) groups excluding carboxylic acids is 2. The quantitative estimate of drug-likeness (QED) is 0.825. The molecule has 0 saturated carbocycles. The zero-order valence-corrected chi connectivity index (χ0v) is 13.6. The number of rotatable bonds is 2. The summed E-state index contributed by atoms with van der Waals surface area (Å²) in [5.74, 6) is -0.921. The van der Waals surface area contributed by atoms with Crippen molar-refractivity contribution in [1.82, 2.24) is 4.90 Å². The van der Waals surface area contributed by atoms with Gasteiger partial charge in [0, 0.05) is 11.3 Å². The maximum absolute atomic E-state index is 13.5. The second-order valence-electron chi connectivity index (χ2n) is 5.76. The lowest BCUT2D eigenvalue weighted by Crippen LogP contribution is -2.43. The van der Waals surface area contributed by atoms with Crippen molar-refractivity contribution in [2.45, 2.75) is 32.9 Å². The predicted octanol–water partition coefficient (Wildman–Crippen LogP) is 3.28. The zero-order chi connectivity index (χ0) is 15.8. The molecule has 0 radical (unpaired) electrons. The molecule has 0 atom stereocenters. The Morgan fingerprint density at radius 2 is 2.14 bits per heavy atom. The van der Waals surface area contributed by atoms with Crippen molar-refractivity contribution in [2.24, 2.45) is 0 Å². The number of halogens is 2. The minimum absolute atomic E-state index is 0.138. The van der Waals surface area contributed by atoms with E-state index in [-0.39, 0.29) is 17.6 Å². The molecule has 0 fully saturated rings. The fourth-order valence-electron chi connectivity index (χ4n) is 1.98. The van der Waals surface area contributed by atoms with Gasteiger partial charge in [0.2, 0.25) is 0 Å². The van der Waals surface area contributed by atoms with Gasteiger partial charge < -0.3 is 15.0 Å². The molecule has 1 aliphatic rings. The molecule has 1 N–H and O–H groups in total. The number of urea groups is 1. The highest BCUT2D eigenvalue weighted by atomic mass is 79.9. The molecule has 1 heterocycles. The van der Waals surface area contributed by atoms with E-state index in [2.05, 4.69) is 21.2 Å². The summed E-state index contributed by atoms with van der Waals surface area (Å²) in [6.45, 7) is 5.21. The molecule has 0 aliphatic carbocycles. The predicted molar refractivity (Wildman–Crippen MR) is 79.4 cm³/mol. The molecular formula is C14H16BrFN2O3. The van der Waals surface area contributed by atoms with E-state index in [0.29, 0.717) is 11.3 Å². The molecular weight excluding hydrogens is 343 g/mol. The van der Waals surface area contributed by atoms with Crippen LogP contribution >= 0.6 is 15.9 Å². The first-order valence-electron chi connectivity index (χ1n) is 6.42. The van der Waals surface area contributed by atoms with Gasteiger partial charge in [0.15, 0.2) is 0 Å². The molecule has 0 aromatic heterocycles. The number of anilines is 1. The summed E-state index contributed by atoms with van der Waals surface area (Å²) in [5.41, 5.74) is 0.514. The molecule has 21 heavy (non-hydrogen) atoms. The summed E-state index contributed by atoms with van der Waals surface area (Å²) in [7, 11) is 0. The summed E-state index contributed by atoms with van der Waals surface area (Å²) in [4.78, 5) is 25.0. The third kappa shape index (κ3) is 3.72. The average molecular weight is 359 g/mol. The highest BCUT2D eigenvalue weighted by molar-refractivity contribution is 9.10. The molecule has 0 spiro atoms. The number of ether oxygens (including phenoxy) is 1. The summed E-state index contributed by atoms with van der Waals surface area (Å²) >= 11 is 3.16. The van der Waals surface area contributed by atoms with Crippen LogP contribution in [-0.4, -0.2) is 29.0 Å². The number of amides is 2. The van der Waals surface area contributed by atoms with Crippen LogP contribution in [0.25, 0.3) is 0 Å². The van der Waals surface area contributed by atoms with Crippen LogP contribution < -0.4 is 5.32 Å². The van der Waals surface area contributed by atoms with Crippen molar-refractivity contribution < 1.29 is 18.7 Å². The topological polar surface area (TPSA) is 58.6 Å². The normalized spacial score (nSPS) is 14.5. The van der Waals surface area contributed by atoms with Gasteiger partial charge >= 0.3 is 12.0 Å². The maximum Gasteiger partial charge on any atom is 0.326 e. The molecule has 0 bridgehead atoms. The number of hydrogen-bond donors (Lipinski definition) is 1. The molecule has 0 unspecified atom stereocenters. The Morgan fingerprint density at radius 3 is 2.76 bits per heavy atom. The molecule has 1 aromatic carbocycles. The van der Waals surface area contributed by atoms with Crippen molar-refractivity contribution in [3.05, 3.63) is 28.0 Å². The second kappa shape index (κ2) is 5.63. The SMILES string of the molecule is CC(C)(C)OC(=O)CN1Cc2c(ccc(F)c2Br)NC1=O. The van der Waals surface area contributed by atoms with Crippen molar-refractivity contribution >= 4 is 33.6 Å².